The molecule has 1 amide bonds. The lowest BCUT2D eigenvalue weighted by Gasteiger charge is -2.20. The number of aliphatic hydroxyl groups is 1. The molecule has 1 heterocycles. The minimum atomic E-state index is -0.0970. The van der Waals surface area contributed by atoms with Crippen molar-refractivity contribution in [2.45, 2.75) is 38.6 Å². The zero-order valence-electron chi connectivity index (χ0n) is 16.7. The van der Waals surface area contributed by atoms with Gasteiger partial charge in [-0.2, -0.15) is 5.10 Å². The fourth-order valence-electron chi connectivity index (χ4n) is 4.27. The predicted octanol–water partition coefficient (Wildman–Crippen LogP) is 4.13. The first-order chi connectivity index (χ1) is 14.2. The Morgan fingerprint density at radius 3 is 2.66 bits per heavy atom. The van der Waals surface area contributed by atoms with Crippen molar-refractivity contribution >= 4 is 5.91 Å². The average molecular weight is 389 g/mol. The van der Waals surface area contributed by atoms with Gasteiger partial charge in [0.05, 0.1) is 11.3 Å². The maximum Gasteiger partial charge on any atom is 0.255 e. The van der Waals surface area contributed by atoms with Crippen LogP contribution < -0.4 is 5.32 Å². The Labute approximate surface area is 171 Å². The molecule has 1 fully saturated rings. The summed E-state index contributed by atoms with van der Waals surface area (Å²) in [4.78, 5) is 13.3. The minimum absolute atomic E-state index is 0.0970. The number of aliphatic hydroxyl groups excluding tert-OH is 1. The number of nitrogens with one attached hydrogen (secondary N) is 1. The van der Waals surface area contributed by atoms with Crippen LogP contribution in [-0.4, -0.2) is 33.4 Å². The van der Waals surface area contributed by atoms with Crippen molar-refractivity contribution in [1.29, 1.82) is 0 Å². The van der Waals surface area contributed by atoms with Crippen LogP contribution in [0.1, 0.15) is 41.6 Å². The highest BCUT2D eigenvalue weighted by atomic mass is 16.3. The van der Waals surface area contributed by atoms with Crippen LogP contribution >= 0.6 is 0 Å². The van der Waals surface area contributed by atoms with E-state index in [1.165, 1.54) is 0 Å². The highest BCUT2D eigenvalue weighted by Crippen LogP contribution is 2.30. The lowest BCUT2D eigenvalue weighted by Crippen LogP contribution is -2.37. The van der Waals surface area contributed by atoms with E-state index >= 15 is 0 Å². The van der Waals surface area contributed by atoms with Gasteiger partial charge in [0.1, 0.15) is 5.69 Å². The molecule has 1 saturated carbocycles. The number of carbonyl (C=O) groups is 1. The smallest absolute Gasteiger partial charge is 0.255 e. The fraction of sp³-hybridized carbons (Fsp3) is 0.333. The largest absolute Gasteiger partial charge is 0.396 e. The van der Waals surface area contributed by atoms with Crippen molar-refractivity contribution in [3.8, 4) is 16.9 Å². The Hall–Kier alpha value is -2.92. The zero-order valence-corrected chi connectivity index (χ0v) is 16.7. The molecule has 150 valence electrons. The third kappa shape index (κ3) is 4.10. The number of aromatic nitrogens is 2. The topological polar surface area (TPSA) is 67.2 Å². The molecule has 1 aliphatic carbocycles. The summed E-state index contributed by atoms with van der Waals surface area (Å²) in [6.07, 6.45) is 5.66. The van der Waals surface area contributed by atoms with E-state index < -0.39 is 0 Å². The second kappa shape index (κ2) is 8.62. The summed E-state index contributed by atoms with van der Waals surface area (Å²) in [6.45, 7) is 2.20. The zero-order chi connectivity index (χ0) is 20.2. The van der Waals surface area contributed by atoms with Crippen LogP contribution in [0.25, 0.3) is 16.9 Å². The van der Waals surface area contributed by atoms with E-state index in [9.17, 15) is 9.90 Å². The highest BCUT2D eigenvalue weighted by molar-refractivity contribution is 6.00. The number of carbonyl (C=O) groups excluding carboxylic acids is 1. The first kappa shape index (κ1) is 19.4. The normalized spacial score (nSPS) is 18.7. The van der Waals surface area contributed by atoms with Crippen LogP contribution in [0.15, 0.2) is 60.8 Å². The van der Waals surface area contributed by atoms with Gasteiger partial charge in [-0.3, -0.25) is 4.79 Å². The molecule has 0 bridgehead atoms. The van der Waals surface area contributed by atoms with Gasteiger partial charge in [0.15, 0.2) is 0 Å². The summed E-state index contributed by atoms with van der Waals surface area (Å²) >= 11 is 0. The molecule has 0 aliphatic heterocycles. The van der Waals surface area contributed by atoms with Gasteiger partial charge in [-0.25, -0.2) is 4.68 Å². The van der Waals surface area contributed by atoms with E-state index in [1.54, 1.807) is 4.68 Å². The van der Waals surface area contributed by atoms with Gasteiger partial charge in [0.25, 0.3) is 5.91 Å². The van der Waals surface area contributed by atoms with Gasteiger partial charge in [-0.1, -0.05) is 48.9 Å². The highest BCUT2D eigenvalue weighted by Gasteiger charge is 2.30. The summed E-state index contributed by atoms with van der Waals surface area (Å²) < 4.78 is 1.77. The number of aryl methyl sites for hydroxylation is 1. The minimum Gasteiger partial charge on any atom is -0.396 e. The molecule has 5 heteroatoms. The Kier molecular flexibility index (Phi) is 5.76. The van der Waals surface area contributed by atoms with Crippen molar-refractivity contribution in [2.75, 3.05) is 6.61 Å². The van der Waals surface area contributed by atoms with Crippen LogP contribution in [0.5, 0.6) is 0 Å². The lowest BCUT2D eigenvalue weighted by molar-refractivity contribution is 0.0923. The fourth-order valence-corrected chi connectivity index (χ4v) is 4.27. The maximum absolute atomic E-state index is 13.3. The van der Waals surface area contributed by atoms with E-state index in [2.05, 4.69) is 5.32 Å². The summed E-state index contributed by atoms with van der Waals surface area (Å²) in [7, 11) is 0. The second-order valence-electron chi connectivity index (χ2n) is 7.77. The molecule has 2 atom stereocenters. The number of hydrogen-bond acceptors (Lipinski definition) is 3. The van der Waals surface area contributed by atoms with Crippen LogP contribution in [0, 0.1) is 12.8 Å². The van der Waals surface area contributed by atoms with Crippen molar-refractivity contribution in [1.82, 2.24) is 15.1 Å². The SMILES string of the molecule is Cc1ccccc1-c1nn(-c2ccccc2)cc1C(=O)NC1CCCC1CCO. The molecule has 1 aliphatic rings. The molecule has 29 heavy (non-hydrogen) atoms. The van der Waals surface area contributed by atoms with E-state index in [-0.39, 0.29) is 18.6 Å². The van der Waals surface area contributed by atoms with Gasteiger partial charge in [0, 0.05) is 24.4 Å². The summed E-state index contributed by atoms with van der Waals surface area (Å²) in [5, 5.41) is 17.3. The number of para-hydroxylation sites is 1. The van der Waals surface area contributed by atoms with Crippen molar-refractivity contribution in [3.05, 3.63) is 71.9 Å². The van der Waals surface area contributed by atoms with Crippen molar-refractivity contribution in [2.24, 2.45) is 5.92 Å². The van der Waals surface area contributed by atoms with E-state index in [0.717, 1.165) is 42.5 Å². The lowest BCUT2D eigenvalue weighted by atomic mass is 9.99. The standard InChI is InChI=1S/C24H27N3O2/c1-17-8-5-6-12-20(17)23-21(16-27(26-23)19-10-3-2-4-11-19)24(29)25-22-13-7-9-18(22)14-15-28/h2-6,8,10-12,16,18,22,28H,7,9,13-15H2,1H3,(H,25,29). The third-order valence-corrected chi connectivity index (χ3v) is 5.86. The quantitative estimate of drug-likeness (QED) is 0.666. The number of hydrogen-bond donors (Lipinski definition) is 2. The molecule has 1 aromatic heterocycles. The van der Waals surface area contributed by atoms with Crippen LogP contribution in [0.3, 0.4) is 0 Å². The molecular formula is C24H27N3O2. The number of nitrogens with zero attached hydrogens (tertiary/aromatic N) is 2. The molecule has 2 unspecified atom stereocenters. The maximum atomic E-state index is 13.3. The second-order valence-corrected chi connectivity index (χ2v) is 7.77. The van der Waals surface area contributed by atoms with Gasteiger partial charge in [-0.05, 0) is 49.8 Å². The summed E-state index contributed by atoms with van der Waals surface area (Å²) in [6, 6.07) is 18.0. The monoisotopic (exact) mass is 389 g/mol. The van der Waals surface area contributed by atoms with E-state index in [4.69, 9.17) is 5.10 Å². The molecule has 2 N–H and O–H groups in total. The summed E-state index contributed by atoms with van der Waals surface area (Å²) in [5.41, 5.74) is 4.24. The third-order valence-electron chi connectivity index (χ3n) is 5.86. The van der Waals surface area contributed by atoms with E-state index in [0.29, 0.717) is 17.2 Å². The average Bonchev–Trinajstić information content (AvgIpc) is 3.37. The number of rotatable bonds is 6. The first-order valence-corrected chi connectivity index (χ1v) is 10.3. The Morgan fingerprint density at radius 2 is 1.90 bits per heavy atom. The van der Waals surface area contributed by atoms with Crippen LogP contribution in [0.2, 0.25) is 0 Å². The number of amides is 1. The Morgan fingerprint density at radius 1 is 1.14 bits per heavy atom. The molecule has 0 radical (unpaired) electrons. The Bertz CT molecular complexity index is 981. The van der Waals surface area contributed by atoms with Gasteiger partial charge in [0.2, 0.25) is 0 Å². The van der Waals surface area contributed by atoms with Crippen molar-refractivity contribution in [3.63, 3.8) is 0 Å². The van der Waals surface area contributed by atoms with Gasteiger partial charge in [-0.15, -0.1) is 0 Å². The van der Waals surface area contributed by atoms with E-state index in [1.807, 2.05) is 67.7 Å². The van der Waals surface area contributed by atoms with Gasteiger partial charge < -0.3 is 10.4 Å². The molecular weight excluding hydrogens is 362 g/mol. The van der Waals surface area contributed by atoms with Crippen molar-refractivity contribution < 1.29 is 9.90 Å². The molecule has 0 spiro atoms. The van der Waals surface area contributed by atoms with Gasteiger partial charge >= 0.3 is 0 Å². The molecule has 0 saturated heterocycles. The first-order valence-electron chi connectivity index (χ1n) is 10.3. The Balaban J connectivity index is 1.70. The predicted molar refractivity (Wildman–Crippen MR) is 114 cm³/mol. The summed E-state index contributed by atoms with van der Waals surface area (Å²) in [5.74, 6) is 0.246. The molecule has 2 aromatic carbocycles. The molecule has 5 nitrogen and oxygen atoms in total. The molecule has 3 aromatic rings. The number of benzene rings is 2. The molecule has 4 rings (SSSR count). The van der Waals surface area contributed by atoms with Crippen LogP contribution in [-0.2, 0) is 0 Å². The van der Waals surface area contributed by atoms with Crippen LogP contribution in [0.4, 0.5) is 0 Å².